The number of ether oxygens (including phenoxy) is 14. The average Bonchev–Trinajstić information content (AvgIpc) is 1.30. The molecule has 0 spiro atoms. The molecule has 9 unspecified atom stereocenters. The number of esters is 2. The zero-order valence-corrected chi connectivity index (χ0v) is 50.9. The van der Waals surface area contributed by atoms with Crippen LogP contribution in [0.1, 0.15) is 55.7 Å². The van der Waals surface area contributed by atoms with Crippen molar-refractivity contribution >= 4 is 40.8 Å². The molecule has 17 atom stereocenters. The average molecular weight is 1260 g/mol. The summed E-state index contributed by atoms with van der Waals surface area (Å²) in [6.07, 6.45) is -8.94. The number of aromatic amines is 2. The maximum absolute atomic E-state index is 14.1. The number of nitrogens with one attached hydrogen (secondary N) is 3. The van der Waals surface area contributed by atoms with E-state index >= 15 is 0 Å². The molecule has 6 N–H and O–H groups in total. The summed E-state index contributed by atoms with van der Waals surface area (Å²) in [5.74, 6) is 8.70. The summed E-state index contributed by atoms with van der Waals surface area (Å²) in [6, 6.07) is -1.05. The lowest BCUT2D eigenvalue weighted by Crippen LogP contribution is -2.66. The number of carbonyl (C=O) groups is 3. The molecule has 10 rings (SSSR count). The molecule has 1 amide bonds. The second kappa shape index (κ2) is 30.6. The van der Waals surface area contributed by atoms with Gasteiger partial charge in [0.05, 0.1) is 49.2 Å². The first-order valence-electron chi connectivity index (χ1n) is 29.1. The van der Waals surface area contributed by atoms with E-state index in [0.717, 1.165) is 6.08 Å². The summed E-state index contributed by atoms with van der Waals surface area (Å²) in [7, 11) is 9.53. The first-order chi connectivity index (χ1) is 43.4. The Morgan fingerprint density at radius 1 is 0.644 bits per heavy atom. The summed E-state index contributed by atoms with van der Waals surface area (Å²) in [5.41, 5.74) is 4.05. The normalized spacial score (nSPS) is 32.1. The van der Waals surface area contributed by atoms with E-state index in [0.29, 0.717) is 16.6 Å². The molecule has 4 aromatic rings. The largest absolute Gasteiger partial charge is 0.456 e. The van der Waals surface area contributed by atoms with E-state index < -0.39 is 157 Å². The minimum atomic E-state index is -1.42. The van der Waals surface area contributed by atoms with Gasteiger partial charge in [-0.1, -0.05) is 30.6 Å². The number of nitrogens with zero attached hydrogens (tertiary/aromatic N) is 5. The van der Waals surface area contributed by atoms with Crippen LogP contribution in [-0.4, -0.2) is 218 Å². The van der Waals surface area contributed by atoms with Gasteiger partial charge in [-0.05, 0) is 24.3 Å². The number of amides is 1. The fourth-order valence-electron chi connectivity index (χ4n) is 11.9. The molecule has 6 aliphatic heterocycles. The molecule has 3 fully saturated rings. The Morgan fingerprint density at radius 3 is 1.84 bits per heavy atom. The summed E-state index contributed by atoms with van der Waals surface area (Å²) in [4.78, 5) is 109. The quantitative estimate of drug-likeness (QED) is 0.0970. The highest BCUT2D eigenvalue weighted by molar-refractivity contribution is 5.92. The van der Waals surface area contributed by atoms with Crippen molar-refractivity contribution in [3.8, 4) is 23.7 Å². The van der Waals surface area contributed by atoms with E-state index in [9.17, 15) is 38.7 Å². The van der Waals surface area contributed by atoms with E-state index in [2.05, 4.69) is 48.9 Å². The molecule has 0 radical (unpaired) electrons. The molecule has 3 saturated heterocycles. The van der Waals surface area contributed by atoms with Gasteiger partial charge < -0.3 is 87.0 Å². The lowest BCUT2D eigenvalue weighted by molar-refractivity contribution is -0.345. The predicted octanol–water partition coefficient (Wildman–Crippen LogP) is -1.69. The number of hydrogen-bond donors (Lipinski definition) is 5. The molecule has 14 bridgehead atoms. The molecule has 31 heteroatoms. The molecular formula is C59H75N9O22. The fourth-order valence-corrected chi connectivity index (χ4v) is 11.9. The maximum atomic E-state index is 14.1. The molecule has 4 aromatic heterocycles. The van der Waals surface area contributed by atoms with Crippen LogP contribution in [0.25, 0.3) is 17.1 Å². The van der Waals surface area contributed by atoms with Crippen molar-refractivity contribution < 1.29 is 85.8 Å². The summed E-state index contributed by atoms with van der Waals surface area (Å²) < 4.78 is 90.1. The van der Waals surface area contributed by atoms with Crippen LogP contribution >= 0.6 is 0 Å². The summed E-state index contributed by atoms with van der Waals surface area (Å²) >= 11 is 0. The van der Waals surface area contributed by atoms with Gasteiger partial charge in [-0.3, -0.25) is 43.1 Å². The van der Waals surface area contributed by atoms with Crippen LogP contribution < -0.4 is 33.5 Å². The predicted molar refractivity (Wildman–Crippen MR) is 312 cm³/mol. The number of methoxy groups -OCH3 is 7. The number of nitrogen functional groups attached to an aromatic ring is 1. The Labute approximate surface area is 514 Å². The standard InChI is InChI=1S/C59H75N9O22/c1-30-21-67-25-34(54(74)65-58(67)75)17-18-38(70)63-42-46(80-5)44(78-3)36(87-55(42)83-8)27-85-57-50(82-7)48-45(79-4)37(88-57)28-84-56-49(81-6)47(43(77-2)35(26-69)86-56)89-39(71)15-11-9-13-32-23-66(52-41(32)51(60)61-29-62-52)20-19-31(30)22-68-24-33(53(73)64-59(68)76)14-10-12-16-40(72)90-48/h17-18,23-25,29-31,35-37,42-50,55-57,69H,11-12,15-16,19-22,26-28H2,1-8H3,(H,63,70)(H2,60,61,62)(H,64,73,76)(H,65,74,75)/b18-17+/t30-,31?,35?,36?,37?,42?,43-,44-,45-,46-,47+,48+,49?,50?,55+,56?,57?/m1/s1. The molecule has 0 aliphatic carbocycles. The first-order valence-corrected chi connectivity index (χ1v) is 29.1. The van der Waals surface area contributed by atoms with Crippen molar-refractivity contribution in [3.63, 3.8) is 0 Å². The minimum absolute atomic E-state index is 0.00993. The van der Waals surface area contributed by atoms with Crippen molar-refractivity contribution in [3.05, 3.63) is 89.4 Å². The lowest BCUT2D eigenvalue weighted by Gasteiger charge is -2.47. The van der Waals surface area contributed by atoms with Crippen molar-refractivity contribution in [2.75, 3.05) is 75.3 Å². The zero-order chi connectivity index (χ0) is 64.3. The smallest absolute Gasteiger partial charge is 0.328 e. The molecule has 10 heterocycles. The van der Waals surface area contributed by atoms with Gasteiger partial charge in [-0.25, -0.2) is 19.6 Å². The number of carbonyl (C=O) groups excluding carboxylic acids is 3. The van der Waals surface area contributed by atoms with Gasteiger partial charge in [0.2, 0.25) is 5.91 Å². The Hall–Kier alpha value is -7.47. The molecule has 6 aliphatic rings. The van der Waals surface area contributed by atoms with Crippen molar-refractivity contribution in [1.29, 1.82) is 0 Å². The molecule has 0 saturated carbocycles. The van der Waals surface area contributed by atoms with E-state index in [1.54, 1.807) is 10.8 Å². The van der Waals surface area contributed by atoms with Crippen molar-refractivity contribution in [2.45, 2.75) is 151 Å². The summed E-state index contributed by atoms with van der Waals surface area (Å²) in [5, 5.41) is 13.9. The topological polar surface area (TPSA) is 379 Å². The number of anilines is 1. The second-order valence-corrected chi connectivity index (χ2v) is 22.0. The van der Waals surface area contributed by atoms with Crippen LogP contribution in [0.2, 0.25) is 0 Å². The number of hydrogen-bond acceptors (Lipinski definition) is 25. The number of aryl methyl sites for hydroxylation is 1. The molecule has 90 heavy (non-hydrogen) atoms. The summed E-state index contributed by atoms with van der Waals surface area (Å²) in [6.45, 7) is 0.625. The number of aliphatic hydroxyl groups is 1. The second-order valence-electron chi connectivity index (χ2n) is 22.0. The fraction of sp³-hybridized carbons (Fsp3) is 0.610. The third kappa shape index (κ3) is 15.0. The van der Waals surface area contributed by atoms with Crippen LogP contribution in [0.15, 0.2) is 50.2 Å². The van der Waals surface area contributed by atoms with E-state index in [1.807, 2.05) is 6.92 Å². The maximum Gasteiger partial charge on any atom is 0.328 e. The van der Waals surface area contributed by atoms with E-state index in [4.69, 9.17) is 72.0 Å². The third-order valence-electron chi connectivity index (χ3n) is 16.5. The minimum Gasteiger partial charge on any atom is -0.456 e. The van der Waals surface area contributed by atoms with E-state index in [1.165, 1.54) is 83.7 Å². The van der Waals surface area contributed by atoms with Crippen LogP contribution in [0, 0.1) is 35.5 Å². The molecule has 0 aromatic carbocycles. The highest BCUT2D eigenvalue weighted by atomic mass is 16.8. The Morgan fingerprint density at radius 2 is 1.22 bits per heavy atom. The van der Waals surface area contributed by atoms with Crippen LogP contribution in [0.4, 0.5) is 5.82 Å². The number of aliphatic hydroxyl groups excluding tert-OH is 1. The molecule has 488 valence electrons. The first kappa shape index (κ1) is 66.9. The van der Waals surface area contributed by atoms with Crippen LogP contribution in [-0.2, 0) is 100 Å². The van der Waals surface area contributed by atoms with Crippen molar-refractivity contribution in [1.82, 2.24) is 39.0 Å². The lowest BCUT2D eigenvalue weighted by atomic mass is 9.90. The Bertz CT molecular complexity index is 3600. The number of H-pyrrole nitrogens is 2. The van der Waals surface area contributed by atoms with Crippen LogP contribution in [0.5, 0.6) is 0 Å². The molecular weight excluding hydrogens is 1190 g/mol. The van der Waals surface area contributed by atoms with Gasteiger partial charge in [0.1, 0.15) is 84.3 Å². The Kier molecular flexibility index (Phi) is 22.7. The van der Waals surface area contributed by atoms with Crippen LogP contribution in [0.3, 0.4) is 0 Å². The van der Waals surface area contributed by atoms with Gasteiger partial charge in [0.15, 0.2) is 31.1 Å². The van der Waals surface area contributed by atoms with E-state index in [-0.39, 0.29) is 75.3 Å². The van der Waals surface area contributed by atoms with Gasteiger partial charge in [0, 0.05) is 107 Å². The highest BCUT2D eigenvalue weighted by Crippen LogP contribution is 2.35. The zero-order valence-electron chi connectivity index (χ0n) is 50.9. The number of fused-ring (bicyclic) bond motifs is 14. The van der Waals surface area contributed by atoms with Crippen molar-refractivity contribution in [2.24, 2.45) is 11.8 Å². The van der Waals surface area contributed by atoms with Gasteiger partial charge in [-0.2, -0.15) is 0 Å². The SMILES string of the molecule is COC1C2OCC3OC4OCC5O[C@H](OC)C(NC(=O)/C=C/c6cn(c(=O)[nH]c6=O)C[C@@H](C)C(CCn6cc(c7c(N)ncnc76)C#CCCC(=O)O[C@H]1[C@H](OC)C(CO)O2)Cn1cc(c(=O)[nH]c1=O)C#CCCC(=O)O[C@H](C4OC)[C@@H]3OC)[C@@H](OC)[C@@H]5OC. The highest BCUT2D eigenvalue weighted by Gasteiger charge is 2.54. The van der Waals surface area contributed by atoms with Gasteiger partial charge in [-0.15, -0.1) is 0 Å². The van der Waals surface area contributed by atoms with Gasteiger partial charge >= 0.3 is 23.3 Å². The molecule has 31 nitrogen and oxygen atoms in total. The number of rotatable bonds is 8. The number of aromatic nitrogens is 7. The van der Waals surface area contributed by atoms with Gasteiger partial charge in [0.25, 0.3) is 11.1 Å². The number of nitrogens with two attached hydrogens (primary N) is 1. The Balaban J connectivity index is 1.17. The monoisotopic (exact) mass is 1260 g/mol. The third-order valence-corrected chi connectivity index (χ3v) is 16.5.